The average Bonchev–Trinajstić information content (AvgIpc) is 2.64. The van der Waals surface area contributed by atoms with Gasteiger partial charge in [-0.15, -0.1) is 0 Å². The molecule has 0 unspecified atom stereocenters. The minimum absolute atomic E-state index is 0.0260. The molecule has 6 heteroatoms. The van der Waals surface area contributed by atoms with Crippen LogP contribution in [-0.2, 0) is 11.3 Å². The van der Waals surface area contributed by atoms with Gasteiger partial charge in [0.2, 0.25) is 5.91 Å². The number of carbonyl (C=O) groups excluding carboxylic acids is 1. The number of piperidine rings is 1. The normalized spacial score (nSPS) is 14.5. The summed E-state index contributed by atoms with van der Waals surface area (Å²) in [4.78, 5) is 26.3. The molecule has 1 aliphatic rings. The molecule has 0 saturated carbocycles. The maximum atomic E-state index is 12.4. The lowest BCUT2D eigenvalue weighted by molar-refractivity contribution is -0.133. The second kappa shape index (κ2) is 7.29. The quantitative estimate of drug-likeness (QED) is 0.861. The lowest BCUT2D eigenvalue weighted by Crippen LogP contribution is -2.40. The van der Waals surface area contributed by atoms with Crippen molar-refractivity contribution in [3.05, 3.63) is 46.8 Å². The van der Waals surface area contributed by atoms with Gasteiger partial charge < -0.3 is 9.64 Å². The Morgan fingerprint density at radius 3 is 2.62 bits per heavy atom. The molecule has 1 aromatic heterocycles. The molecule has 3 rings (SSSR count). The van der Waals surface area contributed by atoms with Crippen molar-refractivity contribution in [3.8, 4) is 17.0 Å². The summed E-state index contributed by atoms with van der Waals surface area (Å²) < 4.78 is 6.58. The standard InChI is InChI=1S/C18H21N3O3/c1-24-16-8-4-3-7-14(16)15-9-10-17(22)21(19-15)13-18(23)20-11-5-2-6-12-20/h3-4,7-10H,2,5-6,11-13H2,1H3. The van der Waals surface area contributed by atoms with E-state index in [0.717, 1.165) is 37.9 Å². The van der Waals surface area contributed by atoms with Crippen LogP contribution in [0.25, 0.3) is 11.3 Å². The molecule has 1 aromatic carbocycles. The van der Waals surface area contributed by atoms with E-state index in [-0.39, 0.29) is 18.0 Å². The van der Waals surface area contributed by atoms with Gasteiger partial charge in [0.25, 0.3) is 5.56 Å². The van der Waals surface area contributed by atoms with Crippen LogP contribution >= 0.6 is 0 Å². The molecule has 24 heavy (non-hydrogen) atoms. The highest BCUT2D eigenvalue weighted by Gasteiger charge is 2.18. The molecule has 0 radical (unpaired) electrons. The summed E-state index contributed by atoms with van der Waals surface area (Å²) in [5, 5.41) is 4.36. The van der Waals surface area contributed by atoms with Crippen molar-refractivity contribution in [2.45, 2.75) is 25.8 Å². The number of likely N-dealkylation sites (tertiary alicyclic amines) is 1. The molecule has 126 valence electrons. The Morgan fingerprint density at radius 2 is 1.88 bits per heavy atom. The Hall–Kier alpha value is -2.63. The van der Waals surface area contributed by atoms with Crippen LogP contribution in [-0.4, -0.2) is 40.8 Å². The van der Waals surface area contributed by atoms with Crippen LogP contribution in [0, 0.1) is 0 Å². The van der Waals surface area contributed by atoms with Crippen molar-refractivity contribution in [2.24, 2.45) is 0 Å². The van der Waals surface area contributed by atoms with Gasteiger partial charge in [0.15, 0.2) is 0 Å². The van der Waals surface area contributed by atoms with E-state index in [2.05, 4.69) is 5.10 Å². The predicted molar refractivity (Wildman–Crippen MR) is 90.9 cm³/mol. The highest BCUT2D eigenvalue weighted by atomic mass is 16.5. The van der Waals surface area contributed by atoms with E-state index in [1.54, 1.807) is 13.2 Å². The monoisotopic (exact) mass is 327 g/mol. The minimum Gasteiger partial charge on any atom is -0.496 e. The first-order valence-corrected chi connectivity index (χ1v) is 8.18. The Labute approximate surface area is 140 Å². The van der Waals surface area contributed by atoms with E-state index >= 15 is 0 Å². The zero-order chi connectivity index (χ0) is 16.9. The number of methoxy groups -OCH3 is 1. The molecular weight excluding hydrogens is 306 g/mol. The fourth-order valence-corrected chi connectivity index (χ4v) is 2.93. The first kappa shape index (κ1) is 16.2. The Bertz CT molecular complexity index is 779. The molecule has 1 amide bonds. The van der Waals surface area contributed by atoms with Crippen LogP contribution in [0.3, 0.4) is 0 Å². The van der Waals surface area contributed by atoms with Crippen LogP contribution < -0.4 is 10.3 Å². The third kappa shape index (κ3) is 3.48. The summed E-state index contributed by atoms with van der Waals surface area (Å²) in [6.45, 7) is 1.50. The number of nitrogens with zero attached hydrogens (tertiary/aromatic N) is 3. The third-order valence-corrected chi connectivity index (χ3v) is 4.24. The van der Waals surface area contributed by atoms with Crippen molar-refractivity contribution in [2.75, 3.05) is 20.2 Å². The highest BCUT2D eigenvalue weighted by Crippen LogP contribution is 2.27. The van der Waals surface area contributed by atoms with Crippen LogP contribution in [0.5, 0.6) is 5.75 Å². The molecule has 1 fully saturated rings. The summed E-state index contributed by atoms with van der Waals surface area (Å²) >= 11 is 0. The summed E-state index contributed by atoms with van der Waals surface area (Å²) in [6.07, 6.45) is 3.20. The fourth-order valence-electron chi connectivity index (χ4n) is 2.93. The zero-order valence-corrected chi connectivity index (χ0v) is 13.8. The molecule has 2 aromatic rings. The topological polar surface area (TPSA) is 64.4 Å². The van der Waals surface area contributed by atoms with Crippen LogP contribution in [0.1, 0.15) is 19.3 Å². The van der Waals surface area contributed by atoms with Crippen molar-refractivity contribution in [1.29, 1.82) is 0 Å². The van der Waals surface area contributed by atoms with Gasteiger partial charge in [0, 0.05) is 24.7 Å². The summed E-state index contributed by atoms with van der Waals surface area (Å²) in [7, 11) is 1.59. The molecule has 0 aliphatic carbocycles. The fraction of sp³-hybridized carbons (Fsp3) is 0.389. The van der Waals surface area contributed by atoms with E-state index in [0.29, 0.717) is 11.4 Å². The average molecular weight is 327 g/mol. The smallest absolute Gasteiger partial charge is 0.267 e. The SMILES string of the molecule is COc1ccccc1-c1ccc(=O)n(CC(=O)N2CCCCC2)n1. The Balaban J connectivity index is 1.86. The van der Waals surface area contributed by atoms with E-state index in [1.165, 1.54) is 10.7 Å². The summed E-state index contributed by atoms with van der Waals surface area (Å²) in [5.74, 6) is 0.624. The number of aromatic nitrogens is 2. The van der Waals surface area contributed by atoms with Gasteiger partial charge in [-0.05, 0) is 37.5 Å². The predicted octanol–water partition coefficient (Wildman–Crippen LogP) is 1.93. The van der Waals surface area contributed by atoms with E-state index in [1.807, 2.05) is 29.2 Å². The number of amides is 1. The molecule has 0 N–H and O–H groups in total. The van der Waals surface area contributed by atoms with Gasteiger partial charge in [-0.1, -0.05) is 12.1 Å². The molecule has 0 atom stereocenters. The number of hydrogen-bond donors (Lipinski definition) is 0. The first-order chi connectivity index (χ1) is 11.7. The highest BCUT2D eigenvalue weighted by molar-refractivity contribution is 5.76. The number of hydrogen-bond acceptors (Lipinski definition) is 4. The van der Waals surface area contributed by atoms with E-state index in [9.17, 15) is 9.59 Å². The van der Waals surface area contributed by atoms with Gasteiger partial charge >= 0.3 is 0 Å². The number of rotatable bonds is 4. The zero-order valence-electron chi connectivity index (χ0n) is 13.8. The van der Waals surface area contributed by atoms with Gasteiger partial charge in [-0.25, -0.2) is 4.68 Å². The Kier molecular flexibility index (Phi) is 4.93. The third-order valence-electron chi connectivity index (χ3n) is 4.24. The molecule has 0 spiro atoms. The lowest BCUT2D eigenvalue weighted by Gasteiger charge is -2.26. The van der Waals surface area contributed by atoms with E-state index < -0.39 is 0 Å². The number of carbonyl (C=O) groups is 1. The molecule has 1 aliphatic heterocycles. The van der Waals surface area contributed by atoms with Crippen LogP contribution in [0.15, 0.2) is 41.2 Å². The second-order valence-corrected chi connectivity index (χ2v) is 5.86. The van der Waals surface area contributed by atoms with Gasteiger partial charge in [-0.2, -0.15) is 5.10 Å². The molecule has 1 saturated heterocycles. The molecular formula is C18H21N3O3. The van der Waals surface area contributed by atoms with Crippen molar-refractivity contribution >= 4 is 5.91 Å². The molecule has 2 heterocycles. The van der Waals surface area contributed by atoms with E-state index in [4.69, 9.17) is 4.74 Å². The number of para-hydroxylation sites is 1. The first-order valence-electron chi connectivity index (χ1n) is 8.18. The molecule has 0 bridgehead atoms. The minimum atomic E-state index is -0.279. The lowest BCUT2D eigenvalue weighted by atomic mass is 10.1. The Morgan fingerprint density at radius 1 is 1.12 bits per heavy atom. The molecule has 6 nitrogen and oxygen atoms in total. The number of benzene rings is 1. The van der Waals surface area contributed by atoms with Crippen LogP contribution in [0.4, 0.5) is 0 Å². The maximum absolute atomic E-state index is 12.4. The van der Waals surface area contributed by atoms with Gasteiger partial charge in [-0.3, -0.25) is 9.59 Å². The second-order valence-electron chi connectivity index (χ2n) is 5.86. The summed E-state index contributed by atoms with van der Waals surface area (Å²) in [5.41, 5.74) is 1.12. The van der Waals surface area contributed by atoms with Crippen LogP contribution in [0.2, 0.25) is 0 Å². The van der Waals surface area contributed by atoms with Gasteiger partial charge in [0.1, 0.15) is 12.3 Å². The van der Waals surface area contributed by atoms with Crippen molar-refractivity contribution in [1.82, 2.24) is 14.7 Å². The largest absolute Gasteiger partial charge is 0.496 e. The maximum Gasteiger partial charge on any atom is 0.267 e. The van der Waals surface area contributed by atoms with Crippen molar-refractivity contribution < 1.29 is 9.53 Å². The number of ether oxygens (including phenoxy) is 1. The van der Waals surface area contributed by atoms with Gasteiger partial charge in [0.05, 0.1) is 12.8 Å². The van der Waals surface area contributed by atoms with Crippen molar-refractivity contribution in [3.63, 3.8) is 0 Å². The summed E-state index contributed by atoms with van der Waals surface area (Å²) in [6, 6.07) is 10.6.